The average Bonchev–Trinajstić information content (AvgIpc) is 2.25. The molecule has 3 heteroatoms. The van der Waals surface area contributed by atoms with Crippen molar-refractivity contribution in [2.24, 2.45) is 5.73 Å². The highest BCUT2D eigenvalue weighted by molar-refractivity contribution is 7.99. The van der Waals surface area contributed by atoms with Gasteiger partial charge in [0, 0.05) is 30.6 Å². The van der Waals surface area contributed by atoms with E-state index in [9.17, 15) is 0 Å². The molecule has 1 rings (SSSR count). The number of rotatable bonds is 6. The van der Waals surface area contributed by atoms with Crippen LogP contribution in [0.4, 0.5) is 0 Å². The lowest BCUT2D eigenvalue weighted by molar-refractivity contribution is 0.153. The van der Waals surface area contributed by atoms with Crippen LogP contribution in [0.1, 0.15) is 32.6 Å². The van der Waals surface area contributed by atoms with Crippen LogP contribution >= 0.6 is 11.8 Å². The Morgan fingerprint density at radius 3 is 2.93 bits per heavy atom. The van der Waals surface area contributed by atoms with Gasteiger partial charge in [-0.1, -0.05) is 13.3 Å². The Morgan fingerprint density at radius 2 is 2.21 bits per heavy atom. The van der Waals surface area contributed by atoms with Gasteiger partial charge in [-0.25, -0.2) is 0 Å². The first kappa shape index (κ1) is 12.3. The van der Waals surface area contributed by atoms with Crippen LogP contribution in [0, 0.1) is 0 Å². The van der Waals surface area contributed by atoms with Gasteiger partial charge in [-0.05, 0) is 25.8 Å². The first-order chi connectivity index (χ1) is 6.88. The third-order valence-electron chi connectivity index (χ3n) is 3.01. The first-order valence-corrected chi connectivity index (χ1v) is 7.05. The van der Waals surface area contributed by atoms with Crippen molar-refractivity contribution < 1.29 is 0 Å². The summed E-state index contributed by atoms with van der Waals surface area (Å²) in [5, 5.41) is 0. The standard InChI is InChI=1S/C11H24N2S/c1-2-11-5-3-4-7-13(11)8-10-14-9-6-12/h11H,2-10,12H2,1H3. The van der Waals surface area contributed by atoms with Crippen LogP contribution in [-0.4, -0.2) is 42.1 Å². The zero-order chi connectivity index (χ0) is 10.2. The van der Waals surface area contributed by atoms with Crippen molar-refractivity contribution in [3.8, 4) is 0 Å². The predicted molar refractivity (Wildman–Crippen MR) is 65.9 cm³/mol. The smallest absolute Gasteiger partial charge is 0.00929 e. The first-order valence-electron chi connectivity index (χ1n) is 5.90. The monoisotopic (exact) mass is 216 g/mol. The second kappa shape index (κ2) is 7.55. The van der Waals surface area contributed by atoms with Crippen molar-refractivity contribution in [2.45, 2.75) is 38.6 Å². The molecule has 1 aliphatic heterocycles. The van der Waals surface area contributed by atoms with Crippen molar-refractivity contribution >= 4 is 11.8 Å². The van der Waals surface area contributed by atoms with Gasteiger partial charge < -0.3 is 5.73 Å². The van der Waals surface area contributed by atoms with Gasteiger partial charge in [-0.2, -0.15) is 11.8 Å². The summed E-state index contributed by atoms with van der Waals surface area (Å²) in [5.74, 6) is 2.37. The number of nitrogens with two attached hydrogens (primary N) is 1. The summed E-state index contributed by atoms with van der Waals surface area (Å²) in [7, 11) is 0. The maximum absolute atomic E-state index is 5.47. The van der Waals surface area contributed by atoms with Crippen molar-refractivity contribution in [1.29, 1.82) is 0 Å². The largest absolute Gasteiger partial charge is 0.330 e. The maximum atomic E-state index is 5.47. The number of thioether (sulfide) groups is 1. The molecule has 0 amide bonds. The fourth-order valence-corrected chi connectivity index (χ4v) is 2.92. The molecule has 0 aromatic carbocycles. The minimum absolute atomic E-state index is 0.821. The van der Waals surface area contributed by atoms with E-state index >= 15 is 0 Å². The van der Waals surface area contributed by atoms with Crippen molar-refractivity contribution in [1.82, 2.24) is 4.90 Å². The van der Waals surface area contributed by atoms with Crippen LogP contribution in [0.2, 0.25) is 0 Å². The summed E-state index contributed by atoms with van der Waals surface area (Å²) in [5.41, 5.74) is 5.47. The number of nitrogens with zero attached hydrogens (tertiary/aromatic N) is 1. The molecule has 2 N–H and O–H groups in total. The molecule has 1 aliphatic rings. The Morgan fingerprint density at radius 1 is 1.36 bits per heavy atom. The molecule has 0 radical (unpaired) electrons. The fraction of sp³-hybridized carbons (Fsp3) is 1.00. The van der Waals surface area contributed by atoms with E-state index in [1.165, 1.54) is 44.5 Å². The fourth-order valence-electron chi connectivity index (χ4n) is 2.18. The van der Waals surface area contributed by atoms with E-state index in [1.54, 1.807) is 0 Å². The minimum Gasteiger partial charge on any atom is -0.330 e. The molecule has 1 unspecified atom stereocenters. The molecule has 1 heterocycles. The molecular weight excluding hydrogens is 192 g/mol. The van der Waals surface area contributed by atoms with Crippen molar-refractivity contribution in [3.63, 3.8) is 0 Å². The molecule has 14 heavy (non-hydrogen) atoms. The Bertz CT molecular complexity index is 141. The summed E-state index contributed by atoms with van der Waals surface area (Å²) in [6.45, 7) is 5.72. The Hall–Kier alpha value is 0.270. The number of hydrogen-bond acceptors (Lipinski definition) is 3. The van der Waals surface area contributed by atoms with Gasteiger partial charge in [0.05, 0.1) is 0 Å². The van der Waals surface area contributed by atoms with Gasteiger partial charge in [0.25, 0.3) is 0 Å². The zero-order valence-corrected chi connectivity index (χ0v) is 10.2. The lowest BCUT2D eigenvalue weighted by Gasteiger charge is -2.35. The molecule has 0 aromatic rings. The van der Waals surface area contributed by atoms with Crippen LogP contribution in [0.5, 0.6) is 0 Å². The van der Waals surface area contributed by atoms with Crippen LogP contribution in [0.3, 0.4) is 0 Å². The number of piperidine rings is 1. The van der Waals surface area contributed by atoms with Crippen LogP contribution < -0.4 is 5.73 Å². The van der Waals surface area contributed by atoms with Gasteiger partial charge in [0.2, 0.25) is 0 Å². The molecule has 0 saturated carbocycles. The minimum atomic E-state index is 0.821. The average molecular weight is 216 g/mol. The van der Waals surface area contributed by atoms with E-state index in [4.69, 9.17) is 5.73 Å². The summed E-state index contributed by atoms with van der Waals surface area (Å²) >= 11 is 1.99. The lowest BCUT2D eigenvalue weighted by atomic mass is 10.0. The van der Waals surface area contributed by atoms with Gasteiger partial charge in [-0.3, -0.25) is 4.90 Å². The van der Waals surface area contributed by atoms with E-state index in [2.05, 4.69) is 11.8 Å². The normalized spacial score (nSPS) is 24.0. The van der Waals surface area contributed by atoms with Crippen molar-refractivity contribution in [2.75, 3.05) is 31.1 Å². The highest BCUT2D eigenvalue weighted by Crippen LogP contribution is 2.19. The second-order valence-corrected chi connectivity index (χ2v) is 5.22. The van der Waals surface area contributed by atoms with Crippen LogP contribution in [0.15, 0.2) is 0 Å². The maximum Gasteiger partial charge on any atom is 0.00929 e. The lowest BCUT2D eigenvalue weighted by Crippen LogP contribution is -2.40. The molecule has 1 fully saturated rings. The van der Waals surface area contributed by atoms with Gasteiger partial charge >= 0.3 is 0 Å². The quantitative estimate of drug-likeness (QED) is 0.688. The zero-order valence-electron chi connectivity index (χ0n) is 9.37. The van der Waals surface area contributed by atoms with Gasteiger partial charge in [0.1, 0.15) is 0 Å². The van der Waals surface area contributed by atoms with Crippen LogP contribution in [-0.2, 0) is 0 Å². The Labute approximate surface area is 92.6 Å². The molecule has 0 spiro atoms. The van der Waals surface area contributed by atoms with E-state index < -0.39 is 0 Å². The Balaban J connectivity index is 2.13. The van der Waals surface area contributed by atoms with E-state index in [1.807, 2.05) is 11.8 Å². The molecular formula is C11H24N2S. The summed E-state index contributed by atoms with van der Waals surface area (Å²) in [6, 6.07) is 0.863. The highest BCUT2D eigenvalue weighted by atomic mass is 32.2. The third-order valence-corrected chi connectivity index (χ3v) is 4.00. The molecule has 0 aromatic heterocycles. The van der Waals surface area contributed by atoms with Crippen molar-refractivity contribution in [3.05, 3.63) is 0 Å². The highest BCUT2D eigenvalue weighted by Gasteiger charge is 2.19. The summed E-state index contributed by atoms with van der Waals surface area (Å²) in [4.78, 5) is 2.67. The SMILES string of the molecule is CCC1CCCCN1CCSCCN. The van der Waals surface area contributed by atoms with E-state index in [0.717, 1.165) is 18.3 Å². The Kier molecular flexibility index (Phi) is 6.65. The number of likely N-dealkylation sites (tertiary alicyclic amines) is 1. The predicted octanol–water partition coefficient (Wildman–Crippen LogP) is 1.94. The molecule has 1 atom stereocenters. The molecule has 0 bridgehead atoms. The molecule has 2 nitrogen and oxygen atoms in total. The molecule has 84 valence electrons. The molecule has 0 aliphatic carbocycles. The van der Waals surface area contributed by atoms with E-state index in [-0.39, 0.29) is 0 Å². The topological polar surface area (TPSA) is 29.3 Å². The van der Waals surface area contributed by atoms with Gasteiger partial charge in [0.15, 0.2) is 0 Å². The molecule has 1 saturated heterocycles. The third kappa shape index (κ3) is 4.20. The van der Waals surface area contributed by atoms with E-state index in [0.29, 0.717) is 0 Å². The summed E-state index contributed by atoms with van der Waals surface area (Å²) in [6.07, 6.45) is 5.57. The number of hydrogen-bond donors (Lipinski definition) is 1. The summed E-state index contributed by atoms with van der Waals surface area (Å²) < 4.78 is 0. The second-order valence-electron chi connectivity index (χ2n) is 3.99. The van der Waals surface area contributed by atoms with Crippen LogP contribution in [0.25, 0.3) is 0 Å². The van der Waals surface area contributed by atoms with Gasteiger partial charge in [-0.15, -0.1) is 0 Å².